The van der Waals surface area contributed by atoms with Gasteiger partial charge in [-0.1, -0.05) is 48.5 Å². The van der Waals surface area contributed by atoms with Crippen molar-refractivity contribution in [3.63, 3.8) is 0 Å². The van der Waals surface area contributed by atoms with Gasteiger partial charge in [0, 0.05) is 43.4 Å². The van der Waals surface area contributed by atoms with Gasteiger partial charge >= 0.3 is 11.9 Å². The Hall–Kier alpha value is -2.84. The Morgan fingerprint density at radius 3 is 2.33 bits per heavy atom. The van der Waals surface area contributed by atoms with Crippen LogP contribution in [0.4, 0.5) is 0 Å². The van der Waals surface area contributed by atoms with Gasteiger partial charge in [0.1, 0.15) is 18.5 Å². The number of methoxy groups -OCH3 is 1. The number of carbonyl (C=O) groups excluding carboxylic acids is 3. The summed E-state index contributed by atoms with van der Waals surface area (Å²) in [6, 6.07) is 16.0. The molecule has 1 saturated heterocycles. The minimum atomic E-state index is -2.06. The maximum Gasteiger partial charge on any atom is 0.366 e. The van der Waals surface area contributed by atoms with E-state index < -0.39 is 48.1 Å². The monoisotopic (exact) mass is 659 g/mol. The second-order valence-electron chi connectivity index (χ2n) is 11.8. The number of Topliss-reactive ketones (excluding diaryl/α,β-unsaturated/α-hetero) is 1. The standard InChI is InChI=1S/C34H45NO10S/c1-21(36)18-26-29(38)19-34(33(41)42-2,44-15-7-16-46-17-14-35)45-32(26)31(40)28(37)12-13-30(39)43-20-27-24-10-5-3-8-22(24)23-9-4-6-11-25(23)27/h3-6,8-11,26-29,31-32,37-38,40H,7,12-20,35H2,1-2H3/t26?,28-,29?,31+,32?,34?/m1/s1. The largest absolute Gasteiger partial charge is 0.465 e. The first-order valence-electron chi connectivity index (χ1n) is 15.7. The molecule has 46 heavy (non-hydrogen) atoms. The highest BCUT2D eigenvalue weighted by molar-refractivity contribution is 7.99. The van der Waals surface area contributed by atoms with Gasteiger partial charge in [0.05, 0.1) is 32.0 Å². The summed E-state index contributed by atoms with van der Waals surface area (Å²) in [5.41, 5.74) is 9.87. The minimum absolute atomic E-state index is 0.0872. The number of hydrogen-bond acceptors (Lipinski definition) is 12. The zero-order chi connectivity index (χ0) is 33.3. The summed E-state index contributed by atoms with van der Waals surface area (Å²) in [5, 5.41) is 33.3. The van der Waals surface area contributed by atoms with Crippen LogP contribution < -0.4 is 5.73 Å². The van der Waals surface area contributed by atoms with Gasteiger partial charge in [-0.05, 0) is 47.8 Å². The Bertz CT molecular complexity index is 1300. The molecule has 2 aliphatic rings. The first-order chi connectivity index (χ1) is 22.1. The van der Waals surface area contributed by atoms with E-state index in [9.17, 15) is 29.7 Å². The lowest BCUT2D eigenvalue weighted by molar-refractivity contribution is -0.319. The van der Waals surface area contributed by atoms with Gasteiger partial charge in [0.25, 0.3) is 5.79 Å². The fourth-order valence-corrected chi connectivity index (χ4v) is 6.97. The first-order valence-corrected chi connectivity index (χ1v) is 16.8. The number of thioether (sulfide) groups is 1. The number of nitrogens with two attached hydrogens (primary N) is 1. The number of aliphatic hydroxyl groups excluding tert-OH is 3. The Kier molecular flexibility index (Phi) is 13.2. The molecule has 252 valence electrons. The molecule has 11 nitrogen and oxygen atoms in total. The van der Waals surface area contributed by atoms with Crippen molar-refractivity contribution in [1.82, 2.24) is 0 Å². The van der Waals surface area contributed by atoms with Crippen LogP contribution in [-0.2, 0) is 33.3 Å². The molecule has 6 atom stereocenters. The molecular weight excluding hydrogens is 614 g/mol. The molecule has 1 aliphatic heterocycles. The molecule has 0 radical (unpaired) electrons. The average molecular weight is 660 g/mol. The molecule has 0 aromatic heterocycles. The SMILES string of the molecule is COC(=O)C1(OCCCSCCN)CC(O)C(CC(C)=O)C([C@@H](O)[C@H](O)CCC(=O)OCC2c3ccccc3-c3ccccc32)O1. The number of ether oxygens (including phenoxy) is 4. The van der Waals surface area contributed by atoms with Crippen molar-refractivity contribution < 1.29 is 48.7 Å². The van der Waals surface area contributed by atoms with Gasteiger partial charge in [-0.25, -0.2) is 4.79 Å². The van der Waals surface area contributed by atoms with Crippen molar-refractivity contribution >= 4 is 29.5 Å². The van der Waals surface area contributed by atoms with Crippen molar-refractivity contribution in [1.29, 1.82) is 0 Å². The Balaban J connectivity index is 1.39. The maximum atomic E-state index is 12.9. The van der Waals surface area contributed by atoms with Crippen molar-refractivity contribution in [3.05, 3.63) is 59.7 Å². The second-order valence-corrected chi connectivity index (χ2v) is 13.0. The van der Waals surface area contributed by atoms with Gasteiger partial charge in [-0.15, -0.1) is 0 Å². The maximum absolute atomic E-state index is 12.9. The van der Waals surface area contributed by atoms with E-state index in [-0.39, 0.29) is 50.6 Å². The van der Waals surface area contributed by atoms with E-state index in [2.05, 4.69) is 0 Å². The van der Waals surface area contributed by atoms with Crippen LogP contribution in [0.25, 0.3) is 11.1 Å². The number of rotatable bonds is 17. The zero-order valence-electron chi connectivity index (χ0n) is 26.3. The van der Waals surface area contributed by atoms with Gasteiger partial charge in [0.15, 0.2) is 0 Å². The predicted molar refractivity (Wildman–Crippen MR) is 172 cm³/mol. The first kappa shape index (κ1) is 36.0. The van der Waals surface area contributed by atoms with Gasteiger partial charge in [-0.3, -0.25) is 4.79 Å². The van der Waals surface area contributed by atoms with E-state index in [0.717, 1.165) is 35.1 Å². The smallest absolute Gasteiger partial charge is 0.366 e. The van der Waals surface area contributed by atoms with Crippen LogP contribution in [0.2, 0.25) is 0 Å². The van der Waals surface area contributed by atoms with E-state index in [1.807, 2.05) is 48.5 Å². The number of ketones is 1. The summed E-state index contributed by atoms with van der Waals surface area (Å²) >= 11 is 1.62. The molecule has 0 bridgehead atoms. The molecule has 2 aromatic carbocycles. The van der Waals surface area contributed by atoms with E-state index in [1.165, 1.54) is 6.92 Å². The van der Waals surface area contributed by atoms with Crippen molar-refractivity contribution in [2.24, 2.45) is 11.7 Å². The number of aliphatic hydroxyl groups is 3. The molecule has 4 unspecified atom stereocenters. The second kappa shape index (κ2) is 16.8. The quantitative estimate of drug-likeness (QED) is 0.145. The Morgan fingerprint density at radius 2 is 1.72 bits per heavy atom. The summed E-state index contributed by atoms with van der Waals surface area (Å²) in [4.78, 5) is 37.8. The summed E-state index contributed by atoms with van der Waals surface area (Å²) < 4.78 is 22.5. The van der Waals surface area contributed by atoms with Crippen LogP contribution >= 0.6 is 11.8 Å². The van der Waals surface area contributed by atoms with Crippen molar-refractivity contribution in [2.75, 3.05) is 38.4 Å². The fraction of sp³-hybridized carbons (Fsp3) is 0.559. The van der Waals surface area contributed by atoms with E-state index in [0.29, 0.717) is 18.7 Å². The molecule has 4 rings (SSSR count). The van der Waals surface area contributed by atoms with Crippen LogP contribution in [0.1, 0.15) is 56.1 Å². The van der Waals surface area contributed by atoms with Crippen LogP contribution in [0.3, 0.4) is 0 Å². The van der Waals surface area contributed by atoms with E-state index >= 15 is 0 Å². The Morgan fingerprint density at radius 1 is 1.07 bits per heavy atom. The van der Waals surface area contributed by atoms with Crippen LogP contribution in [0.5, 0.6) is 0 Å². The predicted octanol–water partition coefficient (Wildman–Crippen LogP) is 2.56. The zero-order valence-corrected chi connectivity index (χ0v) is 27.2. The van der Waals surface area contributed by atoms with E-state index in [4.69, 9.17) is 24.7 Å². The molecule has 2 aromatic rings. The van der Waals surface area contributed by atoms with Crippen molar-refractivity contribution in [3.8, 4) is 11.1 Å². The molecule has 1 aliphatic carbocycles. The third-order valence-corrected chi connectivity index (χ3v) is 9.62. The number of hydrogen-bond donors (Lipinski definition) is 4. The average Bonchev–Trinajstić information content (AvgIpc) is 3.37. The highest BCUT2D eigenvalue weighted by atomic mass is 32.2. The van der Waals surface area contributed by atoms with E-state index in [1.54, 1.807) is 11.8 Å². The lowest BCUT2D eigenvalue weighted by Gasteiger charge is -2.47. The third-order valence-electron chi connectivity index (χ3n) is 8.52. The third kappa shape index (κ3) is 8.54. The molecule has 0 saturated carbocycles. The van der Waals surface area contributed by atoms with Gasteiger partial charge < -0.3 is 44.8 Å². The minimum Gasteiger partial charge on any atom is -0.465 e. The molecule has 0 amide bonds. The van der Waals surface area contributed by atoms with Crippen molar-refractivity contribution in [2.45, 2.75) is 75.1 Å². The number of benzene rings is 2. The molecule has 1 heterocycles. The molecule has 0 spiro atoms. The van der Waals surface area contributed by atoms with Gasteiger partial charge in [-0.2, -0.15) is 11.8 Å². The topological polar surface area (TPSA) is 175 Å². The highest BCUT2D eigenvalue weighted by Crippen LogP contribution is 2.44. The lowest BCUT2D eigenvalue weighted by Crippen LogP contribution is -2.62. The summed E-state index contributed by atoms with van der Waals surface area (Å²) in [6.07, 6.45) is -6.20. The van der Waals surface area contributed by atoms with Crippen LogP contribution in [0, 0.1) is 5.92 Å². The normalized spacial score (nSPS) is 23.7. The molecule has 12 heteroatoms. The lowest BCUT2D eigenvalue weighted by atomic mass is 9.80. The highest BCUT2D eigenvalue weighted by Gasteiger charge is 2.56. The van der Waals surface area contributed by atoms with Crippen LogP contribution in [0.15, 0.2) is 48.5 Å². The number of carbonyl (C=O) groups is 3. The molecule has 1 fully saturated rings. The van der Waals surface area contributed by atoms with Gasteiger partial charge in [0.2, 0.25) is 0 Å². The fourth-order valence-electron chi connectivity index (χ4n) is 6.27. The van der Waals surface area contributed by atoms with Crippen LogP contribution in [-0.4, -0.2) is 102 Å². The summed E-state index contributed by atoms with van der Waals surface area (Å²) in [5.74, 6) is -3.39. The Labute approximate surface area is 273 Å². The summed E-state index contributed by atoms with van der Waals surface area (Å²) in [6.45, 7) is 2.08. The summed E-state index contributed by atoms with van der Waals surface area (Å²) in [7, 11) is 1.15. The molecule has 5 N–H and O–H groups in total. The molecular formula is C34H45NO10S. The number of fused-ring (bicyclic) bond motifs is 3. The number of esters is 2.